The number of nitrogens with zero attached hydrogens (tertiary/aromatic N) is 3. The van der Waals surface area contributed by atoms with Crippen LogP contribution in [0, 0.1) is 0 Å². The molecule has 0 spiro atoms. The Balaban J connectivity index is 1.37. The molecule has 2 amide bonds. The van der Waals surface area contributed by atoms with Crippen molar-refractivity contribution in [1.29, 1.82) is 0 Å². The van der Waals surface area contributed by atoms with Crippen molar-refractivity contribution in [3.05, 3.63) is 54.5 Å². The number of hydrogen-bond acceptors (Lipinski definition) is 4. The molecule has 0 aliphatic carbocycles. The minimum Gasteiger partial charge on any atom is -0.474 e. The summed E-state index contributed by atoms with van der Waals surface area (Å²) in [5.74, 6) is 0.649. The van der Waals surface area contributed by atoms with E-state index in [1.165, 1.54) is 0 Å². The first-order chi connectivity index (χ1) is 11.8. The molecule has 24 heavy (non-hydrogen) atoms. The summed E-state index contributed by atoms with van der Waals surface area (Å²) in [6, 6.07) is 11.4. The van der Waals surface area contributed by atoms with Crippen molar-refractivity contribution in [3.8, 4) is 5.88 Å². The van der Waals surface area contributed by atoms with Gasteiger partial charge in [-0.25, -0.2) is 9.78 Å². The molecule has 0 unspecified atom stereocenters. The Bertz CT molecular complexity index is 628. The minimum atomic E-state index is -0.0118. The molecule has 1 saturated heterocycles. The van der Waals surface area contributed by atoms with Gasteiger partial charge in [0.1, 0.15) is 6.10 Å². The lowest BCUT2D eigenvalue weighted by atomic mass is 10.1. The number of urea groups is 1. The van der Waals surface area contributed by atoms with Crippen LogP contribution in [0.25, 0.3) is 0 Å². The molecule has 3 rings (SSSR count). The Morgan fingerprint density at radius 2 is 1.88 bits per heavy atom. The molecule has 0 aromatic carbocycles. The summed E-state index contributed by atoms with van der Waals surface area (Å²) in [6.07, 6.45) is 6.00. The number of nitrogens with one attached hydrogen (secondary N) is 1. The average molecular weight is 326 g/mol. The van der Waals surface area contributed by atoms with Gasteiger partial charge < -0.3 is 15.0 Å². The number of carbonyl (C=O) groups excluding carboxylic acids is 1. The molecule has 3 heterocycles. The molecule has 1 N–H and O–H groups in total. The van der Waals surface area contributed by atoms with Crippen LogP contribution in [-0.4, -0.2) is 46.6 Å². The maximum absolute atomic E-state index is 12.2. The van der Waals surface area contributed by atoms with Crippen LogP contribution in [0.4, 0.5) is 4.79 Å². The van der Waals surface area contributed by atoms with Gasteiger partial charge in [-0.2, -0.15) is 0 Å². The van der Waals surface area contributed by atoms with E-state index in [2.05, 4.69) is 15.3 Å². The van der Waals surface area contributed by atoms with E-state index in [4.69, 9.17) is 4.74 Å². The smallest absolute Gasteiger partial charge is 0.317 e. The maximum Gasteiger partial charge on any atom is 0.317 e. The van der Waals surface area contributed by atoms with E-state index in [-0.39, 0.29) is 12.1 Å². The number of piperidine rings is 1. The lowest BCUT2D eigenvalue weighted by Gasteiger charge is -2.31. The highest BCUT2D eigenvalue weighted by Gasteiger charge is 2.23. The Morgan fingerprint density at radius 3 is 2.54 bits per heavy atom. The van der Waals surface area contributed by atoms with Crippen LogP contribution in [0.15, 0.2) is 48.8 Å². The number of rotatable bonds is 5. The molecule has 0 bridgehead atoms. The van der Waals surface area contributed by atoms with Crippen LogP contribution in [0.5, 0.6) is 5.88 Å². The van der Waals surface area contributed by atoms with Crippen molar-refractivity contribution in [2.45, 2.75) is 25.4 Å². The molecule has 1 fully saturated rings. The van der Waals surface area contributed by atoms with Crippen molar-refractivity contribution in [1.82, 2.24) is 20.2 Å². The monoisotopic (exact) mass is 326 g/mol. The molecule has 6 heteroatoms. The first-order valence-electron chi connectivity index (χ1n) is 8.31. The van der Waals surface area contributed by atoms with Crippen LogP contribution in [0.3, 0.4) is 0 Å². The number of carbonyl (C=O) groups is 1. The molecule has 6 nitrogen and oxygen atoms in total. The lowest BCUT2D eigenvalue weighted by molar-refractivity contribution is 0.107. The zero-order valence-corrected chi connectivity index (χ0v) is 13.6. The third-order valence-corrected chi connectivity index (χ3v) is 4.04. The van der Waals surface area contributed by atoms with Crippen molar-refractivity contribution in [2.24, 2.45) is 0 Å². The SMILES string of the molecule is O=C(NCCc1ccccn1)N1CCC(Oc2ccccn2)CC1. The van der Waals surface area contributed by atoms with Gasteiger partial charge in [0.15, 0.2) is 0 Å². The third kappa shape index (κ3) is 4.68. The standard InChI is InChI=1S/C18H22N4O2/c23-18(21-12-7-15-5-1-3-10-19-15)22-13-8-16(9-14-22)24-17-6-2-4-11-20-17/h1-6,10-11,16H,7-9,12-14H2,(H,21,23). The van der Waals surface area contributed by atoms with E-state index in [1.54, 1.807) is 12.4 Å². The van der Waals surface area contributed by atoms with Crippen LogP contribution >= 0.6 is 0 Å². The van der Waals surface area contributed by atoms with Crippen LogP contribution in [0.2, 0.25) is 0 Å². The van der Waals surface area contributed by atoms with Gasteiger partial charge in [-0.3, -0.25) is 4.98 Å². The average Bonchev–Trinajstić information content (AvgIpc) is 2.64. The number of pyridine rings is 2. The summed E-state index contributed by atoms with van der Waals surface area (Å²) >= 11 is 0. The molecule has 0 saturated carbocycles. The molecular formula is C18H22N4O2. The lowest BCUT2D eigenvalue weighted by Crippen LogP contribution is -2.47. The zero-order chi connectivity index (χ0) is 16.6. The van der Waals surface area contributed by atoms with E-state index in [0.717, 1.165) is 25.0 Å². The first-order valence-corrected chi connectivity index (χ1v) is 8.31. The third-order valence-electron chi connectivity index (χ3n) is 4.04. The van der Waals surface area contributed by atoms with Crippen LogP contribution < -0.4 is 10.1 Å². The highest BCUT2D eigenvalue weighted by atomic mass is 16.5. The molecule has 0 radical (unpaired) electrons. The highest BCUT2D eigenvalue weighted by Crippen LogP contribution is 2.16. The second kappa shape index (κ2) is 8.29. The summed E-state index contributed by atoms with van der Waals surface area (Å²) in [4.78, 5) is 22.5. The fraction of sp³-hybridized carbons (Fsp3) is 0.389. The van der Waals surface area contributed by atoms with Crippen molar-refractivity contribution in [3.63, 3.8) is 0 Å². The molecule has 1 aliphatic rings. The first kappa shape index (κ1) is 16.2. The van der Waals surface area contributed by atoms with Crippen molar-refractivity contribution in [2.75, 3.05) is 19.6 Å². The zero-order valence-electron chi connectivity index (χ0n) is 13.6. The van der Waals surface area contributed by atoms with E-state index in [1.807, 2.05) is 41.3 Å². The molecule has 1 aliphatic heterocycles. The molecule has 2 aromatic heterocycles. The van der Waals surface area contributed by atoms with Gasteiger partial charge >= 0.3 is 6.03 Å². The number of amides is 2. The van der Waals surface area contributed by atoms with E-state index in [0.29, 0.717) is 25.5 Å². The van der Waals surface area contributed by atoms with Crippen LogP contribution in [0.1, 0.15) is 18.5 Å². The molecule has 126 valence electrons. The Labute approximate surface area is 141 Å². The minimum absolute atomic E-state index is 0.0118. The summed E-state index contributed by atoms with van der Waals surface area (Å²) in [5.41, 5.74) is 0.986. The van der Waals surface area contributed by atoms with Gasteiger partial charge in [0.25, 0.3) is 0 Å². The van der Waals surface area contributed by atoms with E-state index < -0.39 is 0 Å². The fourth-order valence-corrected chi connectivity index (χ4v) is 2.72. The Hall–Kier alpha value is -2.63. The summed E-state index contributed by atoms with van der Waals surface area (Å²) < 4.78 is 5.84. The molecular weight excluding hydrogens is 304 g/mol. The van der Waals surface area contributed by atoms with Crippen molar-refractivity contribution >= 4 is 6.03 Å². The van der Waals surface area contributed by atoms with Gasteiger partial charge in [0.2, 0.25) is 5.88 Å². The van der Waals surface area contributed by atoms with E-state index in [9.17, 15) is 4.79 Å². The highest BCUT2D eigenvalue weighted by molar-refractivity contribution is 5.74. The summed E-state index contributed by atoms with van der Waals surface area (Å²) in [5, 5.41) is 2.96. The second-order valence-corrected chi connectivity index (χ2v) is 5.78. The summed E-state index contributed by atoms with van der Waals surface area (Å²) in [6.45, 7) is 2.00. The quantitative estimate of drug-likeness (QED) is 0.915. The number of ether oxygens (including phenoxy) is 1. The van der Waals surface area contributed by atoms with Gasteiger partial charge in [-0.05, 0) is 18.2 Å². The van der Waals surface area contributed by atoms with Crippen LogP contribution in [-0.2, 0) is 6.42 Å². The Kier molecular flexibility index (Phi) is 5.61. The predicted octanol–water partition coefficient (Wildman–Crippen LogP) is 2.27. The number of likely N-dealkylation sites (tertiary alicyclic amines) is 1. The van der Waals surface area contributed by atoms with Crippen molar-refractivity contribution < 1.29 is 9.53 Å². The second-order valence-electron chi connectivity index (χ2n) is 5.78. The molecule has 0 atom stereocenters. The topological polar surface area (TPSA) is 67.4 Å². The largest absolute Gasteiger partial charge is 0.474 e. The number of aromatic nitrogens is 2. The van der Waals surface area contributed by atoms with Gasteiger partial charge in [-0.15, -0.1) is 0 Å². The van der Waals surface area contributed by atoms with E-state index >= 15 is 0 Å². The fourth-order valence-electron chi connectivity index (χ4n) is 2.72. The normalized spacial score (nSPS) is 15.1. The summed E-state index contributed by atoms with van der Waals surface area (Å²) in [7, 11) is 0. The van der Waals surface area contributed by atoms with Gasteiger partial charge in [-0.1, -0.05) is 12.1 Å². The molecule has 2 aromatic rings. The predicted molar refractivity (Wildman–Crippen MR) is 90.8 cm³/mol. The maximum atomic E-state index is 12.2. The number of hydrogen-bond donors (Lipinski definition) is 1. The van der Waals surface area contributed by atoms with Gasteiger partial charge in [0.05, 0.1) is 0 Å². The Morgan fingerprint density at radius 1 is 1.12 bits per heavy atom. The van der Waals surface area contributed by atoms with Gasteiger partial charge in [0, 0.05) is 63.1 Å².